The minimum absolute atomic E-state index is 0.141. The molecular weight excluding hydrogens is 267 g/mol. The summed E-state index contributed by atoms with van der Waals surface area (Å²) in [5.41, 5.74) is -0.811. The molecule has 1 heterocycles. The van der Waals surface area contributed by atoms with E-state index in [-0.39, 0.29) is 11.6 Å². The number of nitrogens with zero attached hydrogens (tertiary/aromatic N) is 2. The third kappa shape index (κ3) is 3.42. The summed E-state index contributed by atoms with van der Waals surface area (Å²) in [6.45, 7) is 1.82. The normalized spacial score (nSPS) is 20.4. The molecule has 1 aliphatic rings. The lowest BCUT2D eigenvalue weighted by Crippen LogP contribution is -2.39. The van der Waals surface area contributed by atoms with E-state index in [0.717, 1.165) is 32.0 Å². The second-order valence-electron chi connectivity index (χ2n) is 5.12. The molecule has 1 aromatic carbocycles. The van der Waals surface area contributed by atoms with E-state index in [1.54, 1.807) is 6.07 Å². The summed E-state index contributed by atoms with van der Waals surface area (Å²) in [5, 5.41) is 11.9. The van der Waals surface area contributed by atoms with E-state index in [2.05, 4.69) is 10.2 Å². The molecule has 1 N–H and O–H groups in total. The van der Waals surface area contributed by atoms with Crippen LogP contribution in [-0.4, -0.2) is 31.1 Å². The van der Waals surface area contributed by atoms with Gasteiger partial charge in [-0.3, -0.25) is 0 Å². The molecule has 0 saturated carbocycles. The fraction of sp³-hybridized carbons (Fsp3) is 0.500. The van der Waals surface area contributed by atoms with Crippen molar-refractivity contribution >= 4 is 5.69 Å². The highest BCUT2D eigenvalue weighted by atomic mass is 19.4. The van der Waals surface area contributed by atoms with Gasteiger partial charge in [0.15, 0.2) is 0 Å². The van der Waals surface area contributed by atoms with Gasteiger partial charge in [0.25, 0.3) is 0 Å². The van der Waals surface area contributed by atoms with E-state index in [0.29, 0.717) is 5.69 Å². The number of likely N-dealkylation sites (N-methyl/N-ethyl adjacent to an activating group) is 1. The van der Waals surface area contributed by atoms with Crippen LogP contribution in [0.3, 0.4) is 0 Å². The quantitative estimate of drug-likeness (QED) is 0.906. The smallest absolute Gasteiger partial charge is 0.381 e. The highest BCUT2D eigenvalue weighted by molar-refractivity contribution is 5.53. The van der Waals surface area contributed by atoms with E-state index in [4.69, 9.17) is 5.26 Å². The second kappa shape index (κ2) is 5.71. The SMILES string of the molecule is CN1CCCC(Nc2ccc(C#N)c(C(F)(F)F)c2)C1. The summed E-state index contributed by atoms with van der Waals surface area (Å²) < 4.78 is 38.6. The van der Waals surface area contributed by atoms with Crippen molar-refractivity contribution in [3.05, 3.63) is 29.3 Å². The number of likely N-dealkylation sites (tertiary alicyclic amines) is 1. The van der Waals surface area contributed by atoms with Gasteiger partial charge in [0.05, 0.1) is 17.2 Å². The van der Waals surface area contributed by atoms with Crippen LogP contribution in [0.1, 0.15) is 24.0 Å². The summed E-state index contributed by atoms with van der Waals surface area (Å²) in [4.78, 5) is 2.15. The Balaban J connectivity index is 2.19. The molecule has 0 radical (unpaired) electrons. The van der Waals surface area contributed by atoms with Gasteiger partial charge in [-0.2, -0.15) is 18.4 Å². The molecule has 1 saturated heterocycles. The number of nitrogens with one attached hydrogen (secondary N) is 1. The first kappa shape index (κ1) is 14.7. The van der Waals surface area contributed by atoms with Crippen LogP contribution in [0.4, 0.5) is 18.9 Å². The third-order valence-electron chi connectivity index (χ3n) is 3.44. The number of alkyl halides is 3. The highest BCUT2D eigenvalue weighted by Gasteiger charge is 2.34. The van der Waals surface area contributed by atoms with Gasteiger partial charge in [0.1, 0.15) is 0 Å². The zero-order chi connectivity index (χ0) is 14.8. The molecule has 1 atom stereocenters. The Morgan fingerprint density at radius 3 is 2.75 bits per heavy atom. The molecule has 1 fully saturated rings. The average molecular weight is 283 g/mol. The minimum atomic E-state index is -4.51. The predicted molar refractivity (Wildman–Crippen MR) is 70.3 cm³/mol. The van der Waals surface area contributed by atoms with Crippen LogP contribution in [0.15, 0.2) is 18.2 Å². The Kier molecular flexibility index (Phi) is 4.19. The van der Waals surface area contributed by atoms with Crippen LogP contribution < -0.4 is 5.32 Å². The van der Waals surface area contributed by atoms with Crippen LogP contribution in [0.2, 0.25) is 0 Å². The molecule has 3 nitrogen and oxygen atoms in total. The van der Waals surface area contributed by atoms with Gasteiger partial charge in [-0.15, -0.1) is 0 Å². The van der Waals surface area contributed by atoms with Gasteiger partial charge >= 0.3 is 6.18 Å². The molecule has 1 aromatic rings. The lowest BCUT2D eigenvalue weighted by Gasteiger charge is -2.31. The molecular formula is C14H16F3N3. The van der Waals surface area contributed by atoms with Crippen LogP contribution in [0.25, 0.3) is 0 Å². The number of hydrogen-bond donors (Lipinski definition) is 1. The Hall–Kier alpha value is -1.74. The summed E-state index contributed by atoms with van der Waals surface area (Å²) in [6, 6.07) is 5.50. The maximum atomic E-state index is 12.9. The van der Waals surface area contributed by atoms with E-state index < -0.39 is 11.7 Å². The Morgan fingerprint density at radius 1 is 1.40 bits per heavy atom. The number of hydrogen-bond acceptors (Lipinski definition) is 3. The number of piperidine rings is 1. The Labute approximate surface area is 116 Å². The van der Waals surface area contributed by atoms with Crippen molar-refractivity contribution in [1.29, 1.82) is 5.26 Å². The molecule has 1 aliphatic heterocycles. The lowest BCUT2D eigenvalue weighted by atomic mass is 10.0. The number of benzene rings is 1. The van der Waals surface area contributed by atoms with E-state index in [1.807, 2.05) is 7.05 Å². The maximum absolute atomic E-state index is 12.9. The maximum Gasteiger partial charge on any atom is 0.417 e. The zero-order valence-corrected chi connectivity index (χ0v) is 11.2. The molecule has 0 amide bonds. The first-order valence-electron chi connectivity index (χ1n) is 6.46. The van der Waals surface area contributed by atoms with E-state index in [1.165, 1.54) is 12.1 Å². The van der Waals surface area contributed by atoms with Gasteiger partial charge in [0, 0.05) is 18.3 Å². The molecule has 2 rings (SSSR count). The fourth-order valence-electron chi connectivity index (χ4n) is 2.49. The molecule has 0 aromatic heterocycles. The Morgan fingerprint density at radius 2 is 2.15 bits per heavy atom. The summed E-state index contributed by atoms with van der Waals surface area (Å²) >= 11 is 0. The monoisotopic (exact) mass is 283 g/mol. The summed E-state index contributed by atoms with van der Waals surface area (Å²) in [5.74, 6) is 0. The number of rotatable bonds is 2. The second-order valence-corrected chi connectivity index (χ2v) is 5.12. The first-order valence-corrected chi connectivity index (χ1v) is 6.46. The molecule has 0 aliphatic carbocycles. The molecule has 0 bridgehead atoms. The van der Waals surface area contributed by atoms with Gasteiger partial charge in [-0.05, 0) is 44.6 Å². The number of anilines is 1. The Bertz CT molecular complexity index is 519. The minimum Gasteiger partial charge on any atom is -0.381 e. The van der Waals surface area contributed by atoms with Crippen LogP contribution in [-0.2, 0) is 6.18 Å². The van der Waals surface area contributed by atoms with Crippen molar-refractivity contribution < 1.29 is 13.2 Å². The lowest BCUT2D eigenvalue weighted by molar-refractivity contribution is -0.137. The van der Waals surface area contributed by atoms with Crippen molar-refractivity contribution in [1.82, 2.24) is 4.90 Å². The van der Waals surface area contributed by atoms with Crippen molar-refractivity contribution in [3.8, 4) is 6.07 Å². The topological polar surface area (TPSA) is 39.1 Å². The summed E-state index contributed by atoms with van der Waals surface area (Å²) in [6.07, 6.45) is -2.55. The average Bonchev–Trinajstić information content (AvgIpc) is 2.37. The van der Waals surface area contributed by atoms with Crippen LogP contribution in [0, 0.1) is 11.3 Å². The first-order chi connectivity index (χ1) is 9.40. The van der Waals surface area contributed by atoms with Gasteiger partial charge < -0.3 is 10.2 Å². The standard InChI is InChI=1S/C14H16F3N3/c1-20-6-2-3-12(9-20)19-11-5-4-10(8-18)13(7-11)14(15,16)17/h4-5,7,12,19H,2-3,6,9H2,1H3. The molecule has 0 spiro atoms. The zero-order valence-electron chi connectivity index (χ0n) is 11.2. The molecule has 20 heavy (non-hydrogen) atoms. The van der Waals surface area contributed by atoms with Gasteiger partial charge in [-0.1, -0.05) is 0 Å². The third-order valence-corrected chi connectivity index (χ3v) is 3.44. The van der Waals surface area contributed by atoms with Crippen molar-refractivity contribution in [2.45, 2.75) is 25.1 Å². The van der Waals surface area contributed by atoms with Crippen molar-refractivity contribution in [2.24, 2.45) is 0 Å². The molecule has 108 valence electrons. The van der Waals surface area contributed by atoms with Gasteiger partial charge in [-0.25, -0.2) is 0 Å². The van der Waals surface area contributed by atoms with Crippen LogP contribution in [0.5, 0.6) is 0 Å². The number of nitriles is 1. The van der Waals surface area contributed by atoms with E-state index >= 15 is 0 Å². The van der Waals surface area contributed by atoms with E-state index in [9.17, 15) is 13.2 Å². The predicted octanol–water partition coefficient (Wildman–Crippen LogP) is 3.08. The van der Waals surface area contributed by atoms with Gasteiger partial charge in [0.2, 0.25) is 0 Å². The van der Waals surface area contributed by atoms with Crippen molar-refractivity contribution in [2.75, 3.05) is 25.5 Å². The largest absolute Gasteiger partial charge is 0.417 e. The molecule has 1 unspecified atom stereocenters. The molecule has 6 heteroatoms. The summed E-state index contributed by atoms with van der Waals surface area (Å²) in [7, 11) is 1.99. The number of halogens is 3. The van der Waals surface area contributed by atoms with Crippen LogP contribution >= 0.6 is 0 Å². The highest BCUT2D eigenvalue weighted by Crippen LogP contribution is 2.33. The fourth-order valence-corrected chi connectivity index (χ4v) is 2.49. The van der Waals surface area contributed by atoms with Crippen molar-refractivity contribution in [3.63, 3.8) is 0 Å².